The Morgan fingerprint density at radius 3 is 2.40 bits per heavy atom. The van der Waals surface area contributed by atoms with Crippen molar-refractivity contribution in [3.05, 3.63) is 0 Å². The predicted octanol–water partition coefficient (Wildman–Crippen LogP) is 3.56. The first-order valence-electron chi connectivity index (χ1n) is 8.35. The van der Waals surface area contributed by atoms with E-state index in [1.807, 2.05) is 6.92 Å². The number of nitriles is 1. The van der Waals surface area contributed by atoms with Gasteiger partial charge < -0.3 is 4.90 Å². The first-order valence-corrected chi connectivity index (χ1v) is 8.35. The van der Waals surface area contributed by atoms with E-state index in [4.69, 9.17) is 0 Å². The fraction of sp³-hybridized carbons (Fsp3) is 0.941. The molecular weight excluding hydrogens is 246 g/mol. The second kappa shape index (κ2) is 8.00. The fourth-order valence-corrected chi connectivity index (χ4v) is 3.06. The molecule has 0 aromatic carbocycles. The first kappa shape index (κ1) is 17.5. The minimum absolute atomic E-state index is 0.336. The quantitative estimate of drug-likeness (QED) is 0.691. The zero-order chi connectivity index (χ0) is 15.1. The average molecular weight is 279 g/mol. The summed E-state index contributed by atoms with van der Waals surface area (Å²) >= 11 is 0. The SMILES string of the molecule is CCNC(C)(C#N)CCCCN1CCC(C)(CC)CC1. The lowest BCUT2D eigenvalue weighted by Gasteiger charge is -2.39. The second-order valence-electron chi connectivity index (χ2n) is 6.94. The Morgan fingerprint density at radius 1 is 1.25 bits per heavy atom. The van der Waals surface area contributed by atoms with Gasteiger partial charge in [0, 0.05) is 0 Å². The zero-order valence-corrected chi connectivity index (χ0v) is 14.0. The van der Waals surface area contributed by atoms with Gasteiger partial charge in [0.05, 0.1) is 6.07 Å². The van der Waals surface area contributed by atoms with Crippen molar-refractivity contribution < 1.29 is 0 Å². The van der Waals surface area contributed by atoms with Crippen LogP contribution < -0.4 is 5.32 Å². The van der Waals surface area contributed by atoms with Gasteiger partial charge in [0.15, 0.2) is 0 Å². The van der Waals surface area contributed by atoms with Crippen LogP contribution in [0.25, 0.3) is 0 Å². The highest BCUT2D eigenvalue weighted by atomic mass is 15.1. The van der Waals surface area contributed by atoms with Gasteiger partial charge in [0.1, 0.15) is 5.54 Å². The topological polar surface area (TPSA) is 39.1 Å². The van der Waals surface area contributed by atoms with Gasteiger partial charge in [0.25, 0.3) is 0 Å². The second-order valence-corrected chi connectivity index (χ2v) is 6.94. The van der Waals surface area contributed by atoms with Crippen LogP contribution in [0.4, 0.5) is 0 Å². The molecule has 3 nitrogen and oxygen atoms in total. The molecule has 1 aliphatic heterocycles. The Bertz CT molecular complexity index is 313. The summed E-state index contributed by atoms with van der Waals surface area (Å²) in [6.45, 7) is 13.4. The Labute approximate surface area is 125 Å². The molecule has 0 saturated carbocycles. The number of unbranched alkanes of at least 4 members (excludes halogenated alkanes) is 1. The maximum absolute atomic E-state index is 9.23. The Hall–Kier alpha value is -0.590. The van der Waals surface area contributed by atoms with Crippen LogP contribution in [-0.4, -0.2) is 36.6 Å². The van der Waals surface area contributed by atoms with E-state index in [1.54, 1.807) is 0 Å². The molecule has 0 aliphatic carbocycles. The van der Waals surface area contributed by atoms with E-state index in [0.29, 0.717) is 5.41 Å². The summed E-state index contributed by atoms with van der Waals surface area (Å²) in [5, 5.41) is 12.5. The minimum atomic E-state index is -0.336. The lowest BCUT2D eigenvalue weighted by atomic mass is 9.78. The van der Waals surface area contributed by atoms with Gasteiger partial charge in [0.2, 0.25) is 0 Å². The van der Waals surface area contributed by atoms with Gasteiger partial charge in [-0.05, 0) is 70.6 Å². The number of nitrogens with zero attached hydrogens (tertiary/aromatic N) is 2. The molecule has 0 amide bonds. The van der Waals surface area contributed by atoms with Crippen LogP contribution in [0.2, 0.25) is 0 Å². The molecule has 1 atom stereocenters. The summed E-state index contributed by atoms with van der Waals surface area (Å²) < 4.78 is 0. The van der Waals surface area contributed by atoms with Crippen LogP contribution >= 0.6 is 0 Å². The fourth-order valence-electron chi connectivity index (χ4n) is 3.06. The highest BCUT2D eigenvalue weighted by Gasteiger charge is 2.28. The Morgan fingerprint density at radius 2 is 1.90 bits per heavy atom. The summed E-state index contributed by atoms with van der Waals surface area (Å²) in [6, 6.07) is 2.41. The van der Waals surface area contributed by atoms with Crippen molar-refractivity contribution >= 4 is 0 Å². The van der Waals surface area contributed by atoms with Crippen LogP contribution in [0.1, 0.15) is 66.2 Å². The molecule has 1 fully saturated rings. The van der Waals surface area contributed by atoms with E-state index < -0.39 is 0 Å². The third kappa shape index (κ3) is 5.42. The average Bonchev–Trinajstić information content (AvgIpc) is 2.46. The standard InChI is InChI=1S/C17H33N3/c1-5-16(3)10-13-20(14-11-16)12-8-7-9-17(4,15-18)19-6-2/h19H,5-14H2,1-4H3. The molecule has 0 aromatic heterocycles. The summed E-state index contributed by atoms with van der Waals surface area (Å²) in [5.74, 6) is 0. The van der Waals surface area contributed by atoms with Crippen LogP contribution in [-0.2, 0) is 0 Å². The van der Waals surface area contributed by atoms with Crippen molar-refractivity contribution in [2.24, 2.45) is 5.41 Å². The first-order chi connectivity index (χ1) is 9.47. The molecule has 20 heavy (non-hydrogen) atoms. The van der Waals surface area contributed by atoms with Crippen molar-refractivity contribution in [2.75, 3.05) is 26.2 Å². The van der Waals surface area contributed by atoms with Gasteiger partial charge in [-0.3, -0.25) is 5.32 Å². The third-order valence-corrected chi connectivity index (χ3v) is 5.13. The van der Waals surface area contributed by atoms with E-state index in [-0.39, 0.29) is 5.54 Å². The molecule has 3 heteroatoms. The van der Waals surface area contributed by atoms with Crippen molar-refractivity contribution in [3.63, 3.8) is 0 Å². The minimum Gasteiger partial charge on any atom is -0.303 e. The van der Waals surface area contributed by atoms with E-state index in [1.165, 1.54) is 45.3 Å². The molecule has 1 saturated heterocycles. The summed E-state index contributed by atoms with van der Waals surface area (Å²) in [5.41, 5.74) is 0.248. The van der Waals surface area contributed by atoms with Crippen LogP contribution in [0, 0.1) is 16.7 Å². The van der Waals surface area contributed by atoms with E-state index in [9.17, 15) is 5.26 Å². The lowest BCUT2D eigenvalue weighted by molar-refractivity contribution is 0.113. The van der Waals surface area contributed by atoms with E-state index >= 15 is 0 Å². The van der Waals surface area contributed by atoms with E-state index in [2.05, 4.69) is 37.1 Å². The van der Waals surface area contributed by atoms with Gasteiger partial charge in [-0.25, -0.2) is 0 Å². The van der Waals surface area contributed by atoms with Crippen molar-refractivity contribution in [1.29, 1.82) is 5.26 Å². The lowest BCUT2D eigenvalue weighted by Crippen LogP contribution is -2.41. The molecule has 1 unspecified atom stereocenters. The maximum atomic E-state index is 9.23. The van der Waals surface area contributed by atoms with Crippen molar-refractivity contribution in [1.82, 2.24) is 10.2 Å². The number of likely N-dealkylation sites (tertiary alicyclic amines) is 1. The normalized spacial score (nSPS) is 22.1. The van der Waals surface area contributed by atoms with Crippen LogP contribution in [0.5, 0.6) is 0 Å². The van der Waals surface area contributed by atoms with Crippen LogP contribution in [0.15, 0.2) is 0 Å². The monoisotopic (exact) mass is 279 g/mol. The van der Waals surface area contributed by atoms with Gasteiger partial charge in [-0.15, -0.1) is 0 Å². The number of hydrogen-bond donors (Lipinski definition) is 1. The molecule has 1 heterocycles. The smallest absolute Gasteiger partial charge is 0.103 e. The Balaban J connectivity index is 2.18. The molecule has 0 aromatic rings. The number of rotatable bonds is 8. The maximum Gasteiger partial charge on any atom is 0.103 e. The molecule has 0 radical (unpaired) electrons. The predicted molar refractivity (Wildman–Crippen MR) is 85.6 cm³/mol. The molecular formula is C17H33N3. The van der Waals surface area contributed by atoms with Gasteiger partial charge >= 0.3 is 0 Å². The van der Waals surface area contributed by atoms with E-state index in [0.717, 1.165) is 19.4 Å². The largest absolute Gasteiger partial charge is 0.303 e. The molecule has 1 rings (SSSR count). The van der Waals surface area contributed by atoms with Gasteiger partial charge in [-0.2, -0.15) is 5.26 Å². The zero-order valence-electron chi connectivity index (χ0n) is 14.0. The highest BCUT2D eigenvalue weighted by molar-refractivity contribution is 5.03. The third-order valence-electron chi connectivity index (χ3n) is 5.13. The molecule has 1 N–H and O–H groups in total. The number of nitrogens with one attached hydrogen (secondary N) is 1. The van der Waals surface area contributed by atoms with Gasteiger partial charge in [-0.1, -0.05) is 27.2 Å². The van der Waals surface area contributed by atoms with Crippen molar-refractivity contribution in [2.45, 2.75) is 71.8 Å². The summed E-state index contributed by atoms with van der Waals surface area (Å²) in [6.07, 6.45) is 7.31. The molecule has 0 bridgehead atoms. The summed E-state index contributed by atoms with van der Waals surface area (Å²) in [7, 11) is 0. The molecule has 1 aliphatic rings. The summed E-state index contributed by atoms with van der Waals surface area (Å²) in [4.78, 5) is 2.61. The van der Waals surface area contributed by atoms with Crippen molar-refractivity contribution in [3.8, 4) is 6.07 Å². The number of piperidine rings is 1. The molecule has 0 spiro atoms. The number of hydrogen-bond acceptors (Lipinski definition) is 3. The highest BCUT2D eigenvalue weighted by Crippen LogP contribution is 2.33. The Kier molecular flexibility index (Phi) is 6.99. The molecule has 116 valence electrons. The van der Waals surface area contributed by atoms with Crippen LogP contribution in [0.3, 0.4) is 0 Å².